The standard InChI is InChI=1S/2C16H21N3O4/c2*1-16(2,3)23-15(21)19-9-6-11(7-10-19)12-5-8-17-13(18-12)14(20)22-4/h2*5-6,8H,7,9-10H2,1-4H3. The van der Waals surface area contributed by atoms with Gasteiger partial charge in [-0.15, -0.1) is 0 Å². The van der Waals surface area contributed by atoms with Gasteiger partial charge in [0.05, 0.1) is 25.6 Å². The number of aromatic nitrogens is 4. The van der Waals surface area contributed by atoms with Gasteiger partial charge in [-0.2, -0.15) is 0 Å². The fourth-order valence-electron chi connectivity index (χ4n) is 4.24. The molecular formula is C32H42N6O8. The summed E-state index contributed by atoms with van der Waals surface area (Å²) in [6, 6.07) is 3.48. The predicted molar refractivity (Wildman–Crippen MR) is 168 cm³/mol. The first kappa shape index (κ1) is 35.6. The number of esters is 2. The minimum absolute atomic E-state index is 0.0282. The fourth-order valence-corrected chi connectivity index (χ4v) is 4.24. The summed E-state index contributed by atoms with van der Waals surface area (Å²) in [6.07, 6.45) is 7.49. The molecule has 0 unspecified atom stereocenters. The summed E-state index contributed by atoms with van der Waals surface area (Å²) in [7, 11) is 2.58. The van der Waals surface area contributed by atoms with E-state index in [1.165, 1.54) is 26.6 Å². The minimum atomic E-state index is -0.571. The van der Waals surface area contributed by atoms with E-state index in [0.717, 1.165) is 11.1 Å². The number of ether oxygens (including phenoxy) is 4. The molecule has 0 bridgehead atoms. The van der Waals surface area contributed by atoms with Gasteiger partial charge >= 0.3 is 24.1 Å². The highest BCUT2D eigenvalue weighted by atomic mass is 16.6. The smallest absolute Gasteiger partial charge is 0.410 e. The van der Waals surface area contributed by atoms with Crippen LogP contribution in [0.1, 0.15) is 87.0 Å². The van der Waals surface area contributed by atoms with Crippen LogP contribution in [0.25, 0.3) is 11.1 Å². The Morgan fingerprint density at radius 2 is 1.02 bits per heavy atom. The SMILES string of the molecule is COC(=O)c1nccc(C2=CCN(C(=O)OC(C)(C)C)CC2)n1.COC(=O)c1nccc(C2=CCN(C(=O)OC(C)(C)C)CC2)n1. The lowest BCUT2D eigenvalue weighted by atomic mass is 10.0. The molecule has 0 spiro atoms. The molecule has 2 aliphatic rings. The van der Waals surface area contributed by atoms with Crippen LogP contribution in [0, 0.1) is 0 Å². The van der Waals surface area contributed by atoms with Crippen LogP contribution < -0.4 is 0 Å². The topological polar surface area (TPSA) is 163 Å². The van der Waals surface area contributed by atoms with Gasteiger partial charge in [-0.25, -0.2) is 39.1 Å². The molecule has 2 aliphatic heterocycles. The molecule has 4 heterocycles. The van der Waals surface area contributed by atoms with Crippen molar-refractivity contribution in [3.8, 4) is 0 Å². The molecule has 0 aromatic carbocycles. The van der Waals surface area contributed by atoms with Crippen molar-refractivity contribution in [2.75, 3.05) is 40.4 Å². The average Bonchev–Trinajstić information content (AvgIpc) is 3.03. The van der Waals surface area contributed by atoms with Gasteiger partial charge in [0.1, 0.15) is 11.2 Å². The number of hydrogen-bond donors (Lipinski definition) is 0. The largest absolute Gasteiger partial charge is 0.463 e. The number of nitrogens with zero attached hydrogens (tertiary/aromatic N) is 6. The summed E-state index contributed by atoms with van der Waals surface area (Å²) in [4.78, 5) is 66.5. The quantitative estimate of drug-likeness (QED) is 0.339. The minimum Gasteiger partial charge on any atom is -0.463 e. The van der Waals surface area contributed by atoms with Crippen molar-refractivity contribution >= 4 is 35.3 Å². The van der Waals surface area contributed by atoms with Crippen molar-refractivity contribution in [3.63, 3.8) is 0 Å². The predicted octanol–water partition coefficient (Wildman–Crippen LogP) is 4.57. The van der Waals surface area contributed by atoms with Crippen LogP contribution in [-0.4, -0.2) is 105 Å². The van der Waals surface area contributed by atoms with E-state index in [-0.39, 0.29) is 23.8 Å². The molecule has 0 saturated heterocycles. The highest BCUT2D eigenvalue weighted by Crippen LogP contribution is 2.23. The van der Waals surface area contributed by atoms with E-state index in [2.05, 4.69) is 29.4 Å². The van der Waals surface area contributed by atoms with Gasteiger partial charge < -0.3 is 28.7 Å². The van der Waals surface area contributed by atoms with Crippen LogP contribution in [0.5, 0.6) is 0 Å². The summed E-state index contributed by atoms with van der Waals surface area (Å²) in [5.41, 5.74) is 2.26. The molecule has 4 rings (SSSR count). The van der Waals surface area contributed by atoms with Crippen molar-refractivity contribution in [3.05, 3.63) is 59.7 Å². The van der Waals surface area contributed by atoms with E-state index in [1.54, 1.807) is 21.9 Å². The molecule has 0 aliphatic carbocycles. The second-order valence-corrected chi connectivity index (χ2v) is 12.3. The zero-order valence-corrected chi connectivity index (χ0v) is 27.7. The average molecular weight is 639 g/mol. The first-order valence-electron chi connectivity index (χ1n) is 14.8. The molecule has 0 N–H and O–H groups in total. The number of methoxy groups -OCH3 is 2. The van der Waals surface area contributed by atoms with E-state index in [9.17, 15) is 19.2 Å². The summed E-state index contributed by atoms with van der Waals surface area (Å²) >= 11 is 0. The third-order valence-corrected chi connectivity index (χ3v) is 6.43. The Morgan fingerprint density at radius 1 is 0.652 bits per heavy atom. The molecule has 46 heavy (non-hydrogen) atoms. The molecule has 0 atom stereocenters. The summed E-state index contributed by atoms with van der Waals surface area (Å²) in [6.45, 7) is 13.0. The molecule has 14 nitrogen and oxygen atoms in total. The van der Waals surface area contributed by atoms with Gasteiger partial charge in [0.15, 0.2) is 0 Å². The van der Waals surface area contributed by atoms with Crippen LogP contribution in [0.2, 0.25) is 0 Å². The number of carbonyl (C=O) groups excluding carboxylic acids is 4. The van der Waals surface area contributed by atoms with Crippen molar-refractivity contribution in [1.29, 1.82) is 0 Å². The number of amides is 2. The van der Waals surface area contributed by atoms with Crippen LogP contribution in [-0.2, 0) is 18.9 Å². The number of hydrogen-bond acceptors (Lipinski definition) is 12. The van der Waals surface area contributed by atoms with Gasteiger partial charge in [-0.3, -0.25) is 0 Å². The summed E-state index contributed by atoms with van der Waals surface area (Å²) in [5, 5.41) is 0. The second-order valence-electron chi connectivity index (χ2n) is 12.3. The highest BCUT2D eigenvalue weighted by molar-refractivity contribution is 5.86. The van der Waals surface area contributed by atoms with Gasteiger partial charge in [0.25, 0.3) is 0 Å². The highest BCUT2D eigenvalue weighted by Gasteiger charge is 2.26. The third-order valence-electron chi connectivity index (χ3n) is 6.43. The van der Waals surface area contributed by atoms with Crippen LogP contribution in [0.15, 0.2) is 36.7 Å². The first-order chi connectivity index (χ1) is 21.6. The summed E-state index contributed by atoms with van der Waals surface area (Å²) < 4.78 is 19.9. The maximum atomic E-state index is 12.0. The Kier molecular flexibility index (Phi) is 11.9. The lowest BCUT2D eigenvalue weighted by Gasteiger charge is -2.29. The van der Waals surface area contributed by atoms with Crippen LogP contribution in [0.4, 0.5) is 9.59 Å². The van der Waals surface area contributed by atoms with Crippen molar-refractivity contribution in [1.82, 2.24) is 29.7 Å². The van der Waals surface area contributed by atoms with Crippen molar-refractivity contribution in [2.24, 2.45) is 0 Å². The first-order valence-corrected chi connectivity index (χ1v) is 14.8. The zero-order valence-electron chi connectivity index (χ0n) is 27.7. The molecular weight excluding hydrogens is 596 g/mol. The maximum Gasteiger partial charge on any atom is 0.410 e. The number of rotatable bonds is 4. The molecule has 2 amide bonds. The van der Waals surface area contributed by atoms with Crippen LogP contribution >= 0.6 is 0 Å². The molecule has 0 radical (unpaired) electrons. The van der Waals surface area contributed by atoms with E-state index in [1.807, 2.05) is 53.7 Å². The molecule has 14 heteroatoms. The molecule has 248 valence electrons. The molecule has 2 aromatic rings. The van der Waals surface area contributed by atoms with Gasteiger partial charge in [-0.05, 0) is 77.7 Å². The lowest BCUT2D eigenvalue weighted by Crippen LogP contribution is -2.39. The summed E-state index contributed by atoms with van der Waals surface area (Å²) in [5.74, 6) is -1.08. The monoisotopic (exact) mass is 638 g/mol. The van der Waals surface area contributed by atoms with E-state index in [4.69, 9.17) is 9.47 Å². The molecule has 0 fully saturated rings. The Bertz CT molecular complexity index is 1380. The third kappa shape index (κ3) is 10.6. The van der Waals surface area contributed by atoms with Crippen molar-refractivity contribution < 1.29 is 38.1 Å². The van der Waals surface area contributed by atoms with Gasteiger partial charge in [0.2, 0.25) is 11.6 Å². The van der Waals surface area contributed by atoms with Gasteiger partial charge in [0, 0.05) is 38.6 Å². The lowest BCUT2D eigenvalue weighted by molar-refractivity contribution is 0.0260. The van der Waals surface area contributed by atoms with E-state index < -0.39 is 23.1 Å². The van der Waals surface area contributed by atoms with E-state index in [0.29, 0.717) is 50.4 Å². The Balaban J connectivity index is 0.000000250. The molecule has 0 saturated carbocycles. The normalized spacial score (nSPS) is 15.0. The molecule has 2 aromatic heterocycles. The Hall–Kier alpha value is -4.88. The van der Waals surface area contributed by atoms with Gasteiger partial charge in [-0.1, -0.05) is 12.2 Å². The van der Waals surface area contributed by atoms with Crippen molar-refractivity contribution in [2.45, 2.75) is 65.6 Å². The Labute approximate surface area is 268 Å². The van der Waals surface area contributed by atoms with Crippen LogP contribution in [0.3, 0.4) is 0 Å². The zero-order chi connectivity index (χ0) is 34.1. The fraction of sp³-hybridized carbons (Fsp3) is 0.500. The van der Waals surface area contributed by atoms with E-state index >= 15 is 0 Å². The maximum absolute atomic E-state index is 12.0. The Morgan fingerprint density at radius 3 is 1.30 bits per heavy atom. The number of carbonyl (C=O) groups is 4. The second kappa shape index (κ2) is 15.4.